The molecule has 7 heteroatoms. The van der Waals surface area contributed by atoms with Crippen LogP contribution in [0, 0.1) is 0 Å². The molecule has 0 spiro atoms. The largest absolute Gasteiger partial charge is 0.476 e. The number of aromatic carboxylic acids is 1. The van der Waals surface area contributed by atoms with Crippen molar-refractivity contribution in [3.8, 4) is 11.3 Å². The van der Waals surface area contributed by atoms with Crippen LogP contribution < -0.4 is 5.73 Å². The summed E-state index contributed by atoms with van der Waals surface area (Å²) in [6.45, 7) is 0.403. The summed E-state index contributed by atoms with van der Waals surface area (Å²) in [5.41, 5.74) is 7.19. The van der Waals surface area contributed by atoms with E-state index in [0.717, 1.165) is 0 Å². The number of hydrogen-bond acceptors (Lipinski definition) is 5. The van der Waals surface area contributed by atoms with Gasteiger partial charge in [0, 0.05) is 24.4 Å². The van der Waals surface area contributed by atoms with Crippen LogP contribution in [-0.4, -0.2) is 37.8 Å². The van der Waals surface area contributed by atoms with Gasteiger partial charge in [-0.15, -0.1) is 5.10 Å². The average Bonchev–Trinajstić information content (AvgIpc) is 2.81. The number of aliphatic hydroxyl groups excluding tert-OH is 1. The summed E-state index contributed by atoms with van der Waals surface area (Å²) in [6, 6.07) is 6.81. The van der Waals surface area contributed by atoms with Crippen molar-refractivity contribution >= 4 is 11.7 Å². The van der Waals surface area contributed by atoms with Gasteiger partial charge < -0.3 is 15.9 Å². The minimum Gasteiger partial charge on any atom is -0.476 e. The monoisotopic (exact) mass is 262 g/mol. The predicted octanol–water partition coefficient (Wildman–Crippen LogP) is 0.608. The number of aryl methyl sites for hydroxylation is 1. The van der Waals surface area contributed by atoms with E-state index in [4.69, 9.17) is 15.9 Å². The SMILES string of the molecule is Nc1ccc(-c2c(C(=O)O)nnn2CCCO)cc1. The molecule has 100 valence electrons. The maximum absolute atomic E-state index is 11.2. The molecule has 0 radical (unpaired) electrons. The van der Waals surface area contributed by atoms with Crippen molar-refractivity contribution in [3.05, 3.63) is 30.0 Å². The van der Waals surface area contributed by atoms with Crippen LogP contribution in [0.4, 0.5) is 5.69 Å². The van der Waals surface area contributed by atoms with Gasteiger partial charge >= 0.3 is 5.97 Å². The van der Waals surface area contributed by atoms with Crippen LogP contribution in [-0.2, 0) is 6.54 Å². The quantitative estimate of drug-likeness (QED) is 0.680. The number of carbonyl (C=O) groups is 1. The summed E-state index contributed by atoms with van der Waals surface area (Å²) in [7, 11) is 0. The van der Waals surface area contributed by atoms with E-state index < -0.39 is 5.97 Å². The van der Waals surface area contributed by atoms with Crippen molar-refractivity contribution in [2.24, 2.45) is 0 Å². The molecule has 1 heterocycles. The Bertz CT molecular complexity index is 577. The van der Waals surface area contributed by atoms with Gasteiger partial charge in [0.05, 0.1) is 0 Å². The van der Waals surface area contributed by atoms with Crippen molar-refractivity contribution in [1.29, 1.82) is 0 Å². The third-order valence-corrected chi connectivity index (χ3v) is 2.65. The van der Waals surface area contributed by atoms with Gasteiger partial charge in [0.2, 0.25) is 0 Å². The highest BCUT2D eigenvalue weighted by Crippen LogP contribution is 2.23. The fourth-order valence-electron chi connectivity index (χ4n) is 1.76. The van der Waals surface area contributed by atoms with Crippen LogP contribution in [0.1, 0.15) is 16.9 Å². The highest BCUT2D eigenvalue weighted by atomic mass is 16.4. The molecule has 0 unspecified atom stereocenters. The van der Waals surface area contributed by atoms with E-state index >= 15 is 0 Å². The first-order chi connectivity index (χ1) is 9.13. The lowest BCUT2D eigenvalue weighted by atomic mass is 10.1. The number of nitrogens with two attached hydrogens (primary N) is 1. The second-order valence-electron chi connectivity index (χ2n) is 4.01. The molecule has 0 bridgehead atoms. The molecule has 7 nitrogen and oxygen atoms in total. The minimum atomic E-state index is -1.14. The number of nitrogen functional groups attached to an aromatic ring is 1. The smallest absolute Gasteiger partial charge is 0.358 e. The molecule has 0 aliphatic carbocycles. The maximum atomic E-state index is 11.2. The molecule has 0 fully saturated rings. The van der Waals surface area contributed by atoms with Crippen LogP contribution in [0.5, 0.6) is 0 Å². The highest BCUT2D eigenvalue weighted by molar-refractivity contribution is 5.92. The van der Waals surface area contributed by atoms with E-state index in [1.807, 2.05) is 0 Å². The Hall–Kier alpha value is -2.41. The van der Waals surface area contributed by atoms with Crippen LogP contribution in [0.2, 0.25) is 0 Å². The van der Waals surface area contributed by atoms with Crippen LogP contribution in [0.3, 0.4) is 0 Å². The number of carboxylic acids is 1. The third kappa shape index (κ3) is 2.71. The standard InChI is InChI=1S/C12H14N4O3/c13-9-4-2-8(3-5-9)11-10(12(18)19)14-15-16(11)6-1-7-17/h2-5,17H,1,6-7,13H2,(H,18,19). The van der Waals surface area contributed by atoms with Gasteiger partial charge in [-0.2, -0.15) is 0 Å². The lowest BCUT2D eigenvalue weighted by Gasteiger charge is -2.06. The molecule has 0 amide bonds. The maximum Gasteiger partial charge on any atom is 0.358 e. The molecule has 2 aromatic rings. The lowest BCUT2D eigenvalue weighted by Crippen LogP contribution is -2.06. The Balaban J connectivity index is 2.47. The summed E-state index contributed by atoms with van der Waals surface area (Å²) >= 11 is 0. The first-order valence-corrected chi connectivity index (χ1v) is 5.77. The van der Waals surface area contributed by atoms with Gasteiger partial charge in [0.1, 0.15) is 5.69 Å². The van der Waals surface area contributed by atoms with Crippen LogP contribution in [0.15, 0.2) is 24.3 Å². The lowest BCUT2D eigenvalue weighted by molar-refractivity contribution is 0.0691. The molecule has 1 aromatic heterocycles. The molecule has 4 N–H and O–H groups in total. The number of carboxylic acid groups (broad SMARTS) is 1. The number of benzene rings is 1. The van der Waals surface area contributed by atoms with E-state index in [9.17, 15) is 4.79 Å². The Morgan fingerprint density at radius 3 is 2.58 bits per heavy atom. The Kier molecular flexibility index (Phi) is 3.76. The van der Waals surface area contributed by atoms with Gasteiger partial charge in [-0.05, 0) is 18.6 Å². The summed E-state index contributed by atoms with van der Waals surface area (Å²) in [6.07, 6.45) is 0.477. The zero-order valence-corrected chi connectivity index (χ0v) is 10.2. The van der Waals surface area contributed by atoms with Crippen molar-refractivity contribution in [2.75, 3.05) is 12.3 Å². The van der Waals surface area contributed by atoms with E-state index in [1.165, 1.54) is 4.68 Å². The second-order valence-corrected chi connectivity index (χ2v) is 4.01. The van der Waals surface area contributed by atoms with Crippen molar-refractivity contribution in [2.45, 2.75) is 13.0 Å². The van der Waals surface area contributed by atoms with E-state index in [1.54, 1.807) is 24.3 Å². The van der Waals surface area contributed by atoms with Crippen molar-refractivity contribution in [3.63, 3.8) is 0 Å². The summed E-state index contributed by atoms with van der Waals surface area (Å²) in [5.74, 6) is -1.14. The van der Waals surface area contributed by atoms with Crippen LogP contribution in [0.25, 0.3) is 11.3 Å². The summed E-state index contributed by atoms with van der Waals surface area (Å²) in [5, 5.41) is 25.5. The van der Waals surface area contributed by atoms with E-state index in [2.05, 4.69) is 10.3 Å². The van der Waals surface area contributed by atoms with Gasteiger partial charge in [0.25, 0.3) is 0 Å². The first-order valence-electron chi connectivity index (χ1n) is 5.77. The Morgan fingerprint density at radius 2 is 2.00 bits per heavy atom. The molecule has 19 heavy (non-hydrogen) atoms. The highest BCUT2D eigenvalue weighted by Gasteiger charge is 2.20. The fourth-order valence-corrected chi connectivity index (χ4v) is 1.76. The molecular weight excluding hydrogens is 248 g/mol. The van der Waals surface area contributed by atoms with Gasteiger partial charge in [0.15, 0.2) is 5.69 Å². The summed E-state index contributed by atoms with van der Waals surface area (Å²) < 4.78 is 1.48. The Morgan fingerprint density at radius 1 is 1.32 bits per heavy atom. The molecule has 0 saturated heterocycles. The van der Waals surface area contributed by atoms with Gasteiger partial charge in [-0.1, -0.05) is 17.3 Å². The van der Waals surface area contributed by atoms with E-state index in [0.29, 0.717) is 29.9 Å². The topological polar surface area (TPSA) is 114 Å². The zero-order valence-electron chi connectivity index (χ0n) is 10.2. The van der Waals surface area contributed by atoms with Crippen molar-refractivity contribution < 1.29 is 15.0 Å². The number of rotatable bonds is 5. The van der Waals surface area contributed by atoms with Gasteiger partial charge in [-0.25, -0.2) is 9.48 Å². The minimum absolute atomic E-state index is 0.00342. The zero-order chi connectivity index (χ0) is 13.8. The molecule has 0 saturated carbocycles. The van der Waals surface area contributed by atoms with Gasteiger partial charge in [-0.3, -0.25) is 0 Å². The number of aromatic nitrogens is 3. The molecule has 2 rings (SSSR count). The van der Waals surface area contributed by atoms with Crippen molar-refractivity contribution in [1.82, 2.24) is 15.0 Å². The number of aliphatic hydroxyl groups is 1. The number of hydrogen-bond donors (Lipinski definition) is 3. The average molecular weight is 262 g/mol. The summed E-state index contributed by atoms with van der Waals surface area (Å²) in [4.78, 5) is 11.2. The first kappa shape index (κ1) is 13.0. The third-order valence-electron chi connectivity index (χ3n) is 2.65. The fraction of sp³-hybridized carbons (Fsp3) is 0.250. The predicted molar refractivity (Wildman–Crippen MR) is 68.5 cm³/mol. The molecule has 0 atom stereocenters. The number of nitrogens with zero attached hydrogens (tertiary/aromatic N) is 3. The second kappa shape index (κ2) is 5.49. The molecular formula is C12H14N4O3. The van der Waals surface area contributed by atoms with Crippen LogP contribution >= 0.6 is 0 Å². The molecule has 0 aliphatic heterocycles. The molecule has 0 aliphatic rings. The number of anilines is 1. The van der Waals surface area contributed by atoms with E-state index in [-0.39, 0.29) is 12.3 Å². The normalized spacial score (nSPS) is 10.6. The molecule has 1 aromatic carbocycles. The Labute approximate surface area is 109 Å².